The van der Waals surface area contributed by atoms with E-state index in [0.717, 1.165) is 17.7 Å². The molecule has 1 aromatic carbocycles. The molecule has 7 heteroatoms. The number of nitro groups is 1. The van der Waals surface area contributed by atoms with Gasteiger partial charge in [0, 0.05) is 48.3 Å². The van der Waals surface area contributed by atoms with Crippen LogP contribution in [0.1, 0.15) is 38.7 Å². The van der Waals surface area contributed by atoms with Gasteiger partial charge in [-0.15, -0.1) is 0 Å². The summed E-state index contributed by atoms with van der Waals surface area (Å²) in [5.41, 5.74) is 1.84. The van der Waals surface area contributed by atoms with Gasteiger partial charge in [0.1, 0.15) is 6.61 Å². The fraction of sp³-hybridized carbons (Fsp3) is 0.550. The summed E-state index contributed by atoms with van der Waals surface area (Å²) >= 11 is 0. The Kier molecular flexibility index (Phi) is 5.51. The topological polar surface area (TPSA) is 93.5 Å². The lowest BCUT2D eigenvalue weighted by Gasteiger charge is -2.45. The Bertz CT molecular complexity index is 760. The summed E-state index contributed by atoms with van der Waals surface area (Å²) in [7, 11) is 0. The minimum atomic E-state index is -0.349. The highest BCUT2D eigenvalue weighted by molar-refractivity contribution is 5.77. The number of amides is 1. The number of ether oxygens (including phenoxy) is 1. The molecular weight excluding hydrogens is 346 g/mol. The lowest BCUT2D eigenvalue weighted by molar-refractivity contribution is -0.384. The van der Waals surface area contributed by atoms with Gasteiger partial charge < -0.3 is 15.4 Å². The molecule has 1 aliphatic heterocycles. The van der Waals surface area contributed by atoms with E-state index in [-0.39, 0.29) is 40.5 Å². The van der Waals surface area contributed by atoms with E-state index in [4.69, 9.17) is 4.74 Å². The normalized spacial score (nSPS) is 23.3. The summed E-state index contributed by atoms with van der Waals surface area (Å²) in [6.45, 7) is 7.25. The molecule has 1 aliphatic carbocycles. The Morgan fingerprint density at radius 1 is 1.44 bits per heavy atom. The maximum Gasteiger partial charge on any atom is 0.269 e. The lowest BCUT2D eigenvalue weighted by Crippen LogP contribution is -2.51. The van der Waals surface area contributed by atoms with Crippen LogP contribution in [-0.4, -0.2) is 36.6 Å². The Morgan fingerprint density at radius 2 is 2.22 bits per heavy atom. The maximum absolute atomic E-state index is 11.9. The molecule has 2 aliphatic rings. The van der Waals surface area contributed by atoms with Crippen LogP contribution in [0.15, 0.2) is 30.4 Å². The van der Waals surface area contributed by atoms with Gasteiger partial charge in [-0.25, -0.2) is 0 Å². The fourth-order valence-electron chi connectivity index (χ4n) is 4.15. The van der Waals surface area contributed by atoms with E-state index in [1.807, 2.05) is 6.92 Å². The highest BCUT2D eigenvalue weighted by Crippen LogP contribution is 2.49. The monoisotopic (exact) mass is 373 g/mol. The van der Waals surface area contributed by atoms with Crippen molar-refractivity contribution in [2.75, 3.05) is 25.1 Å². The molecule has 0 bridgehead atoms. The van der Waals surface area contributed by atoms with Gasteiger partial charge in [-0.2, -0.15) is 0 Å². The van der Waals surface area contributed by atoms with Crippen molar-refractivity contribution in [1.82, 2.24) is 5.32 Å². The van der Waals surface area contributed by atoms with Crippen LogP contribution in [0.3, 0.4) is 0 Å². The second-order valence-corrected chi connectivity index (χ2v) is 7.91. The number of carbonyl (C=O) groups excluding carboxylic acids is 1. The Balaban J connectivity index is 1.79. The third-order valence-corrected chi connectivity index (χ3v) is 5.58. The van der Waals surface area contributed by atoms with E-state index in [1.165, 1.54) is 0 Å². The zero-order chi connectivity index (χ0) is 19.6. The first-order valence-corrected chi connectivity index (χ1v) is 9.39. The number of nitrogens with one attached hydrogen (secondary N) is 2. The summed E-state index contributed by atoms with van der Waals surface area (Å²) in [5.74, 6) is 0.348. The van der Waals surface area contributed by atoms with Crippen LogP contribution in [0.4, 0.5) is 11.4 Å². The molecule has 3 unspecified atom stereocenters. The van der Waals surface area contributed by atoms with Gasteiger partial charge in [0.15, 0.2) is 0 Å². The predicted molar refractivity (Wildman–Crippen MR) is 104 cm³/mol. The molecule has 27 heavy (non-hydrogen) atoms. The van der Waals surface area contributed by atoms with Crippen molar-refractivity contribution in [2.45, 2.75) is 39.2 Å². The van der Waals surface area contributed by atoms with Crippen molar-refractivity contribution in [1.29, 1.82) is 0 Å². The molecule has 0 aromatic heterocycles. The van der Waals surface area contributed by atoms with Crippen molar-refractivity contribution in [2.24, 2.45) is 11.3 Å². The molecule has 146 valence electrons. The number of benzene rings is 1. The smallest absolute Gasteiger partial charge is 0.269 e. The zero-order valence-corrected chi connectivity index (χ0v) is 16.0. The summed E-state index contributed by atoms with van der Waals surface area (Å²) < 4.78 is 5.16. The predicted octanol–water partition coefficient (Wildman–Crippen LogP) is 3.23. The van der Waals surface area contributed by atoms with Gasteiger partial charge in [-0.1, -0.05) is 26.0 Å². The van der Waals surface area contributed by atoms with E-state index in [9.17, 15) is 14.9 Å². The van der Waals surface area contributed by atoms with Crippen LogP contribution >= 0.6 is 0 Å². The average Bonchev–Trinajstić information content (AvgIpc) is 3.13. The van der Waals surface area contributed by atoms with Gasteiger partial charge in [0.25, 0.3) is 5.69 Å². The molecular formula is C20H27N3O4. The van der Waals surface area contributed by atoms with Gasteiger partial charge >= 0.3 is 0 Å². The van der Waals surface area contributed by atoms with E-state index in [0.29, 0.717) is 19.1 Å². The molecule has 3 atom stereocenters. The number of hydrogen-bond acceptors (Lipinski definition) is 5. The van der Waals surface area contributed by atoms with E-state index >= 15 is 0 Å². The van der Waals surface area contributed by atoms with Crippen LogP contribution in [0, 0.1) is 21.4 Å². The first kappa shape index (κ1) is 19.4. The van der Waals surface area contributed by atoms with Crippen LogP contribution in [0.25, 0.3) is 0 Å². The molecule has 1 aromatic rings. The number of hydrogen-bond donors (Lipinski definition) is 2. The third kappa shape index (κ3) is 3.98. The van der Waals surface area contributed by atoms with Gasteiger partial charge in [-0.05, 0) is 30.9 Å². The summed E-state index contributed by atoms with van der Waals surface area (Å²) in [6, 6.07) is 5.16. The van der Waals surface area contributed by atoms with Crippen molar-refractivity contribution in [3.05, 3.63) is 46.0 Å². The van der Waals surface area contributed by atoms with Gasteiger partial charge in [0.05, 0.1) is 4.92 Å². The number of fused-ring (bicyclic) bond motifs is 3. The van der Waals surface area contributed by atoms with Crippen LogP contribution in [0.5, 0.6) is 0 Å². The minimum absolute atomic E-state index is 0.0742. The highest BCUT2D eigenvalue weighted by atomic mass is 16.6. The maximum atomic E-state index is 11.9. The number of anilines is 1. The van der Waals surface area contributed by atoms with E-state index in [2.05, 4.69) is 36.6 Å². The largest absolute Gasteiger partial charge is 0.381 e. The number of carbonyl (C=O) groups is 1. The average molecular weight is 373 g/mol. The van der Waals surface area contributed by atoms with Crippen molar-refractivity contribution in [3.63, 3.8) is 0 Å². The molecule has 1 heterocycles. The molecule has 0 saturated carbocycles. The Labute approximate surface area is 159 Å². The minimum Gasteiger partial charge on any atom is -0.381 e. The van der Waals surface area contributed by atoms with Gasteiger partial charge in [0.2, 0.25) is 5.91 Å². The molecule has 0 saturated heterocycles. The van der Waals surface area contributed by atoms with Gasteiger partial charge in [-0.3, -0.25) is 14.9 Å². The number of non-ortho nitro benzene ring substituents is 1. The van der Waals surface area contributed by atoms with E-state index < -0.39 is 0 Å². The molecule has 0 radical (unpaired) electrons. The van der Waals surface area contributed by atoms with E-state index in [1.54, 1.807) is 18.2 Å². The Morgan fingerprint density at radius 3 is 2.93 bits per heavy atom. The zero-order valence-electron chi connectivity index (χ0n) is 16.0. The first-order chi connectivity index (χ1) is 12.8. The number of nitrogens with zero attached hydrogens (tertiary/aromatic N) is 1. The number of allylic oxidation sites excluding steroid dienone is 2. The standard InChI is InChI=1S/C20H27N3O4/c1-4-27-11-18(24)21-12-20(2,3)19-15-7-5-6-14(15)16-10-13(23(25)26)8-9-17(16)22-19/h5-6,8-10,14-15,19,22H,4,7,11-12H2,1-3H3,(H,21,24). The van der Waals surface area contributed by atoms with Crippen molar-refractivity contribution in [3.8, 4) is 0 Å². The third-order valence-electron chi connectivity index (χ3n) is 5.58. The molecule has 1 amide bonds. The summed E-state index contributed by atoms with van der Waals surface area (Å²) in [4.78, 5) is 22.7. The SMILES string of the molecule is CCOCC(=O)NCC(C)(C)C1Nc2ccc([N+](=O)[O-])cc2C2C=CCC21. The summed E-state index contributed by atoms with van der Waals surface area (Å²) in [5, 5.41) is 17.7. The lowest BCUT2D eigenvalue weighted by atomic mass is 9.69. The Hall–Kier alpha value is -2.41. The number of rotatable bonds is 7. The highest BCUT2D eigenvalue weighted by Gasteiger charge is 2.44. The molecule has 2 N–H and O–H groups in total. The summed E-state index contributed by atoms with van der Waals surface area (Å²) in [6.07, 6.45) is 5.23. The second-order valence-electron chi connectivity index (χ2n) is 7.91. The first-order valence-electron chi connectivity index (χ1n) is 9.39. The number of nitro benzene ring substituents is 1. The molecule has 0 spiro atoms. The fourth-order valence-corrected chi connectivity index (χ4v) is 4.15. The second kappa shape index (κ2) is 7.68. The molecule has 0 fully saturated rings. The molecule has 7 nitrogen and oxygen atoms in total. The van der Waals surface area contributed by atoms with Crippen LogP contribution in [-0.2, 0) is 9.53 Å². The molecule has 3 rings (SSSR count). The van der Waals surface area contributed by atoms with Crippen LogP contribution < -0.4 is 10.6 Å². The van der Waals surface area contributed by atoms with Crippen molar-refractivity contribution >= 4 is 17.3 Å². The quantitative estimate of drug-likeness (QED) is 0.435. The van der Waals surface area contributed by atoms with Crippen LogP contribution in [0.2, 0.25) is 0 Å². The van der Waals surface area contributed by atoms with Crippen molar-refractivity contribution < 1.29 is 14.5 Å².